The van der Waals surface area contributed by atoms with Crippen LogP contribution >= 0.6 is 0 Å². The van der Waals surface area contributed by atoms with Crippen molar-refractivity contribution in [3.63, 3.8) is 0 Å². The van der Waals surface area contributed by atoms with E-state index in [1.807, 2.05) is 20.8 Å². The number of carbonyl (C=O) groups is 2. The molecule has 0 aliphatic carbocycles. The van der Waals surface area contributed by atoms with E-state index in [1.54, 1.807) is 11.8 Å². The molecule has 1 amide bonds. The summed E-state index contributed by atoms with van der Waals surface area (Å²) in [6.45, 7) is 8.69. The molecule has 0 heterocycles. The predicted molar refractivity (Wildman–Crippen MR) is 75.6 cm³/mol. The Labute approximate surface area is 116 Å². The lowest BCUT2D eigenvalue weighted by Gasteiger charge is -2.23. The SMILES string of the molecule is CCOC(=O)CN(CC(C)C)C(=O)CCCC(C)N. The molecule has 0 radical (unpaired) electrons. The van der Waals surface area contributed by atoms with E-state index in [0.29, 0.717) is 25.5 Å². The van der Waals surface area contributed by atoms with Gasteiger partial charge in [0.25, 0.3) is 0 Å². The highest BCUT2D eigenvalue weighted by atomic mass is 16.5. The Balaban J connectivity index is 4.30. The van der Waals surface area contributed by atoms with Gasteiger partial charge in [0, 0.05) is 19.0 Å². The van der Waals surface area contributed by atoms with Gasteiger partial charge >= 0.3 is 5.97 Å². The van der Waals surface area contributed by atoms with Gasteiger partial charge in [-0.25, -0.2) is 0 Å². The molecule has 2 N–H and O–H groups in total. The molecule has 0 saturated carbocycles. The highest BCUT2D eigenvalue weighted by Crippen LogP contribution is 2.06. The number of nitrogens with zero attached hydrogens (tertiary/aromatic N) is 1. The molecule has 0 aromatic heterocycles. The van der Waals surface area contributed by atoms with Crippen LogP contribution in [0.2, 0.25) is 0 Å². The summed E-state index contributed by atoms with van der Waals surface area (Å²) >= 11 is 0. The molecule has 0 fully saturated rings. The Kier molecular flexibility index (Phi) is 9.21. The van der Waals surface area contributed by atoms with Gasteiger partial charge in [-0.15, -0.1) is 0 Å². The fourth-order valence-electron chi connectivity index (χ4n) is 1.79. The van der Waals surface area contributed by atoms with Gasteiger partial charge in [-0.05, 0) is 32.6 Å². The fraction of sp³-hybridized carbons (Fsp3) is 0.857. The van der Waals surface area contributed by atoms with E-state index >= 15 is 0 Å². The Bertz CT molecular complexity index is 278. The summed E-state index contributed by atoms with van der Waals surface area (Å²) in [7, 11) is 0. The molecule has 0 aromatic carbocycles. The average molecular weight is 272 g/mol. The summed E-state index contributed by atoms with van der Waals surface area (Å²) in [5.74, 6) is -0.0158. The van der Waals surface area contributed by atoms with Crippen LogP contribution in [0.5, 0.6) is 0 Å². The minimum atomic E-state index is -0.344. The maximum Gasteiger partial charge on any atom is 0.325 e. The number of amides is 1. The molecule has 0 spiro atoms. The van der Waals surface area contributed by atoms with Crippen molar-refractivity contribution in [1.82, 2.24) is 4.90 Å². The number of carbonyl (C=O) groups excluding carboxylic acids is 2. The van der Waals surface area contributed by atoms with Crippen molar-refractivity contribution in [3.8, 4) is 0 Å². The molecule has 0 aromatic rings. The van der Waals surface area contributed by atoms with Gasteiger partial charge in [0.2, 0.25) is 5.91 Å². The molecule has 5 heteroatoms. The van der Waals surface area contributed by atoms with Crippen LogP contribution in [0, 0.1) is 5.92 Å². The summed E-state index contributed by atoms with van der Waals surface area (Å²) < 4.78 is 4.89. The zero-order valence-corrected chi connectivity index (χ0v) is 12.6. The molecule has 19 heavy (non-hydrogen) atoms. The van der Waals surface area contributed by atoms with Gasteiger partial charge in [-0.3, -0.25) is 9.59 Å². The molecule has 0 aliphatic rings. The third-order valence-corrected chi connectivity index (χ3v) is 2.61. The van der Waals surface area contributed by atoms with Crippen LogP contribution in [-0.4, -0.2) is 42.5 Å². The summed E-state index contributed by atoms with van der Waals surface area (Å²) in [6.07, 6.45) is 2.02. The van der Waals surface area contributed by atoms with E-state index < -0.39 is 0 Å². The number of ether oxygens (including phenoxy) is 1. The second-order valence-electron chi connectivity index (χ2n) is 5.34. The first-order valence-electron chi connectivity index (χ1n) is 7.05. The lowest BCUT2D eigenvalue weighted by atomic mass is 10.1. The topological polar surface area (TPSA) is 72.6 Å². The molecule has 0 aliphatic heterocycles. The van der Waals surface area contributed by atoms with Gasteiger partial charge in [-0.2, -0.15) is 0 Å². The standard InChI is InChI=1S/C14H28N2O3/c1-5-19-14(18)10-16(9-11(2)3)13(17)8-6-7-12(4)15/h11-12H,5-10,15H2,1-4H3. The zero-order valence-electron chi connectivity index (χ0n) is 12.6. The Hall–Kier alpha value is -1.10. The highest BCUT2D eigenvalue weighted by Gasteiger charge is 2.18. The van der Waals surface area contributed by atoms with Crippen molar-refractivity contribution in [2.75, 3.05) is 19.7 Å². The second kappa shape index (κ2) is 9.78. The van der Waals surface area contributed by atoms with Gasteiger partial charge in [0.15, 0.2) is 0 Å². The lowest BCUT2D eigenvalue weighted by Crippen LogP contribution is -2.39. The van der Waals surface area contributed by atoms with Gasteiger partial charge in [0.05, 0.1) is 6.61 Å². The summed E-state index contributed by atoms with van der Waals surface area (Å²) in [5.41, 5.74) is 5.66. The number of hydrogen-bond acceptors (Lipinski definition) is 4. The molecule has 0 rings (SSSR count). The van der Waals surface area contributed by atoms with E-state index in [1.165, 1.54) is 0 Å². The van der Waals surface area contributed by atoms with E-state index in [0.717, 1.165) is 12.8 Å². The normalized spacial score (nSPS) is 12.3. The third-order valence-electron chi connectivity index (χ3n) is 2.61. The molecule has 5 nitrogen and oxygen atoms in total. The maximum absolute atomic E-state index is 12.1. The molecule has 1 atom stereocenters. The van der Waals surface area contributed by atoms with Crippen LogP contribution < -0.4 is 5.73 Å². The molecule has 1 unspecified atom stereocenters. The number of hydrogen-bond donors (Lipinski definition) is 1. The quantitative estimate of drug-likeness (QED) is 0.646. The van der Waals surface area contributed by atoms with Crippen molar-refractivity contribution < 1.29 is 14.3 Å². The maximum atomic E-state index is 12.1. The lowest BCUT2D eigenvalue weighted by molar-refractivity contribution is -0.149. The third kappa shape index (κ3) is 9.47. The van der Waals surface area contributed by atoms with Crippen LogP contribution in [0.3, 0.4) is 0 Å². The number of rotatable bonds is 9. The fourth-order valence-corrected chi connectivity index (χ4v) is 1.79. The van der Waals surface area contributed by atoms with Crippen molar-refractivity contribution in [2.24, 2.45) is 11.7 Å². The minimum Gasteiger partial charge on any atom is -0.465 e. The van der Waals surface area contributed by atoms with Crippen LogP contribution in [-0.2, 0) is 14.3 Å². The van der Waals surface area contributed by atoms with E-state index in [9.17, 15) is 9.59 Å². The van der Waals surface area contributed by atoms with E-state index in [4.69, 9.17) is 10.5 Å². The van der Waals surface area contributed by atoms with Crippen LogP contribution in [0.1, 0.15) is 47.0 Å². The van der Waals surface area contributed by atoms with Crippen LogP contribution in [0.4, 0.5) is 0 Å². The zero-order chi connectivity index (χ0) is 14.8. The molecule has 0 bridgehead atoms. The molecular weight excluding hydrogens is 244 g/mol. The van der Waals surface area contributed by atoms with Gasteiger partial charge in [0.1, 0.15) is 6.54 Å². The first kappa shape index (κ1) is 17.9. The van der Waals surface area contributed by atoms with E-state index in [-0.39, 0.29) is 24.5 Å². The number of esters is 1. The Morgan fingerprint density at radius 1 is 1.26 bits per heavy atom. The van der Waals surface area contributed by atoms with Crippen molar-refractivity contribution in [3.05, 3.63) is 0 Å². The smallest absolute Gasteiger partial charge is 0.325 e. The first-order chi connectivity index (χ1) is 8.86. The summed E-state index contributed by atoms with van der Waals surface area (Å²) in [4.78, 5) is 25.1. The number of nitrogens with two attached hydrogens (primary N) is 1. The Morgan fingerprint density at radius 3 is 2.37 bits per heavy atom. The van der Waals surface area contributed by atoms with Gasteiger partial charge in [-0.1, -0.05) is 13.8 Å². The highest BCUT2D eigenvalue weighted by molar-refractivity contribution is 5.82. The first-order valence-corrected chi connectivity index (χ1v) is 7.05. The van der Waals surface area contributed by atoms with E-state index in [2.05, 4.69) is 0 Å². The average Bonchev–Trinajstić information content (AvgIpc) is 2.27. The summed E-state index contributed by atoms with van der Waals surface area (Å²) in [6, 6.07) is 0.108. The van der Waals surface area contributed by atoms with Crippen molar-refractivity contribution in [1.29, 1.82) is 0 Å². The largest absolute Gasteiger partial charge is 0.465 e. The molecule has 112 valence electrons. The van der Waals surface area contributed by atoms with Crippen molar-refractivity contribution >= 4 is 11.9 Å². The Morgan fingerprint density at radius 2 is 1.89 bits per heavy atom. The molecule has 0 saturated heterocycles. The summed E-state index contributed by atoms with van der Waals surface area (Å²) in [5, 5.41) is 0. The van der Waals surface area contributed by atoms with Gasteiger partial charge < -0.3 is 15.4 Å². The minimum absolute atomic E-state index is 0.00223. The van der Waals surface area contributed by atoms with Crippen LogP contribution in [0.25, 0.3) is 0 Å². The monoisotopic (exact) mass is 272 g/mol. The second-order valence-corrected chi connectivity index (χ2v) is 5.34. The predicted octanol–water partition coefficient (Wildman–Crippen LogP) is 1.55. The molecular formula is C14H28N2O3. The van der Waals surface area contributed by atoms with Crippen LogP contribution in [0.15, 0.2) is 0 Å². The van der Waals surface area contributed by atoms with Crippen molar-refractivity contribution in [2.45, 2.75) is 53.0 Å².